The van der Waals surface area contributed by atoms with Crippen LogP contribution in [0.3, 0.4) is 0 Å². The Morgan fingerprint density at radius 3 is 2.29 bits per heavy atom. The van der Waals surface area contributed by atoms with Gasteiger partial charge in [-0.3, -0.25) is 4.79 Å². The van der Waals surface area contributed by atoms with E-state index in [4.69, 9.17) is 9.72 Å². The maximum atomic E-state index is 12.5. The highest BCUT2D eigenvalue weighted by Gasteiger charge is 2.49. The Bertz CT molecular complexity index is 1860. The number of hydrogen-bond acceptors (Lipinski definition) is 8. The summed E-state index contributed by atoms with van der Waals surface area (Å²) in [7, 11) is 0. The van der Waals surface area contributed by atoms with E-state index < -0.39 is 5.60 Å². The number of aromatic nitrogens is 4. The summed E-state index contributed by atoms with van der Waals surface area (Å²) in [6.45, 7) is 9.74. The zero-order valence-electron chi connectivity index (χ0n) is 30.8. The minimum absolute atomic E-state index is 0.0632. The van der Waals surface area contributed by atoms with Crippen LogP contribution in [0.25, 0.3) is 11.2 Å². The molecule has 2 aliphatic carbocycles. The van der Waals surface area contributed by atoms with Gasteiger partial charge in [0.05, 0.1) is 12.7 Å². The van der Waals surface area contributed by atoms with E-state index in [1.54, 1.807) is 6.33 Å². The van der Waals surface area contributed by atoms with Crippen molar-refractivity contribution in [3.63, 3.8) is 0 Å². The highest BCUT2D eigenvalue weighted by atomic mass is 16.6. The summed E-state index contributed by atoms with van der Waals surface area (Å²) >= 11 is 0. The molecule has 2 aromatic carbocycles. The van der Waals surface area contributed by atoms with Crippen LogP contribution < -0.4 is 10.6 Å². The normalized spacial score (nSPS) is 22.5. The van der Waals surface area contributed by atoms with E-state index in [2.05, 4.69) is 54.3 Å². The van der Waals surface area contributed by atoms with Crippen molar-refractivity contribution in [1.82, 2.24) is 34.6 Å². The quantitative estimate of drug-likeness (QED) is 0.202. The van der Waals surface area contributed by atoms with Gasteiger partial charge in [0, 0.05) is 36.9 Å². The van der Waals surface area contributed by atoms with Gasteiger partial charge < -0.3 is 29.7 Å². The first-order chi connectivity index (χ1) is 25.1. The molecule has 52 heavy (non-hydrogen) atoms. The number of nitrogens with one attached hydrogen (secondary N) is 2. The van der Waals surface area contributed by atoms with E-state index in [9.17, 15) is 9.59 Å². The van der Waals surface area contributed by atoms with Crippen LogP contribution in [-0.2, 0) is 16.0 Å². The van der Waals surface area contributed by atoms with Gasteiger partial charge in [-0.15, -0.1) is 0 Å². The van der Waals surface area contributed by atoms with Gasteiger partial charge in [0.1, 0.15) is 11.9 Å². The molecule has 0 unspecified atom stereocenters. The number of anilines is 2. The summed E-state index contributed by atoms with van der Waals surface area (Å²) in [6, 6.07) is 19.8. The molecule has 274 valence electrons. The highest BCUT2D eigenvalue weighted by Crippen LogP contribution is 2.52. The Morgan fingerprint density at radius 1 is 0.885 bits per heavy atom. The maximum absolute atomic E-state index is 12.5. The monoisotopic (exact) mass is 704 g/mol. The number of imidazole rings is 1. The number of carbonyl (C=O) groups is 2. The number of carbonyl (C=O) groups excluding carboxylic acids is 2. The zero-order valence-corrected chi connectivity index (χ0v) is 30.8. The average molecular weight is 705 g/mol. The molecule has 4 aliphatic rings. The molecule has 1 spiro atoms. The molecule has 2 saturated heterocycles. The summed E-state index contributed by atoms with van der Waals surface area (Å²) in [5.41, 5.74) is 4.94. The summed E-state index contributed by atoms with van der Waals surface area (Å²) < 4.78 is 7.72. The van der Waals surface area contributed by atoms with Crippen molar-refractivity contribution in [2.75, 3.05) is 31.5 Å². The lowest BCUT2D eigenvalue weighted by atomic mass is 9.59. The molecule has 8 rings (SSSR count). The topological polar surface area (TPSA) is 118 Å². The van der Waals surface area contributed by atoms with Gasteiger partial charge in [0.25, 0.3) is 0 Å². The third kappa shape index (κ3) is 7.51. The Labute approximate surface area is 306 Å². The molecule has 0 radical (unpaired) electrons. The van der Waals surface area contributed by atoms with Crippen LogP contribution in [0.15, 0.2) is 67.3 Å². The van der Waals surface area contributed by atoms with Crippen molar-refractivity contribution in [3.8, 4) is 0 Å². The van der Waals surface area contributed by atoms with Gasteiger partial charge in [-0.05, 0) is 120 Å². The lowest BCUT2D eigenvalue weighted by Gasteiger charge is -2.56. The summed E-state index contributed by atoms with van der Waals surface area (Å²) in [5, 5.41) is 6.66. The van der Waals surface area contributed by atoms with Crippen LogP contribution in [0.1, 0.15) is 95.2 Å². The van der Waals surface area contributed by atoms with Crippen molar-refractivity contribution in [2.24, 2.45) is 5.41 Å². The fourth-order valence-corrected chi connectivity index (χ4v) is 8.87. The van der Waals surface area contributed by atoms with Crippen LogP contribution in [0.5, 0.6) is 0 Å². The molecule has 11 nitrogen and oxygen atoms in total. The minimum Gasteiger partial charge on any atom is -0.444 e. The first kappa shape index (κ1) is 34.6. The number of likely N-dealkylation sites (tertiary alicyclic amines) is 2. The highest BCUT2D eigenvalue weighted by molar-refractivity contribution is 5.85. The Hall–Kier alpha value is -4.51. The number of nitrogens with zero attached hydrogens (tertiary/aromatic N) is 6. The number of rotatable bonds is 8. The molecule has 4 aromatic rings. The molecule has 2 aliphatic heterocycles. The van der Waals surface area contributed by atoms with Gasteiger partial charge in [-0.2, -0.15) is 0 Å². The number of fused-ring (bicyclic) bond motifs is 1. The minimum atomic E-state index is -0.441. The standard InChI is InChI=1S/C41H52N8O3/c1-40(2,3)52-39(51)48-19-15-41(16-20-48)24-34(25-41)47-17-13-30(14-18-47)29-9-11-31(12-10-29)46-37-36-38(43-26-42-37)49(27-44-36)33-22-32(23-33)45-35(50)21-28-7-5-4-6-8-28/h4-12,26-27,30,32-34H,13-25H2,1-3H3,(H,45,50)(H,42,43,46). The molecule has 0 atom stereocenters. The molecule has 11 heteroatoms. The van der Waals surface area contributed by atoms with Gasteiger partial charge in [-0.25, -0.2) is 19.7 Å². The molecule has 2 saturated carbocycles. The first-order valence-corrected chi connectivity index (χ1v) is 19.2. The molecule has 2 amide bonds. The second-order valence-corrected chi connectivity index (χ2v) is 16.7. The Morgan fingerprint density at radius 2 is 1.60 bits per heavy atom. The summed E-state index contributed by atoms with van der Waals surface area (Å²) in [6.07, 6.45) is 12.5. The van der Waals surface area contributed by atoms with Crippen molar-refractivity contribution in [1.29, 1.82) is 0 Å². The lowest BCUT2D eigenvalue weighted by Crippen LogP contribution is -2.57. The van der Waals surface area contributed by atoms with E-state index in [1.165, 1.54) is 31.2 Å². The maximum Gasteiger partial charge on any atom is 0.410 e. The number of piperidine rings is 2. The predicted molar refractivity (Wildman–Crippen MR) is 201 cm³/mol. The average Bonchev–Trinajstić information content (AvgIpc) is 3.53. The van der Waals surface area contributed by atoms with Crippen LogP contribution >= 0.6 is 0 Å². The predicted octanol–water partition coefficient (Wildman–Crippen LogP) is 6.99. The molecule has 4 heterocycles. The van der Waals surface area contributed by atoms with E-state index >= 15 is 0 Å². The van der Waals surface area contributed by atoms with Gasteiger partial charge in [-0.1, -0.05) is 42.5 Å². The van der Waals surface area contributed by atoms with E-state index in [0.29, 0.717) is 29.6 Å². The van der Waals surface area contributed by atoms with Crippen molar-refractivity contribution >= 4 is 34.7 Å². The van der Waals surface area contributed by atoms with Crippen LogP contribution in [0.2, 0.25) is 0 Å². The fraction of sp³-hybridized carbons (Fsp3) is 0.537. The second kappa shape index (κ2) is 14.1. The molecule has 4 fully saturated rings. The number of benzene rings is 2. The van der Waals surface area contributed by atoms with Crippen molar-refractivity contribution in [2.45, 2.75) is 108 Å². The van der Waals surface area contributed by atoms with E-state index in [-0.39, 0.29) is 24.1 Å². The van der Waals surface area contributed by atoms with Gasteiger partial charge >= 0.3 is 6.09 Å². The van der Waals surface area contributed by atoms with Gasteiger partial charge in [0.15, 0.2) is 17.0 Å². The molecular weight excluding hydrogens is 653 g/mol. The van der Waals surface area contributed by atoms with Crippen LogP contribution in [0.4, 0.5) is 16.3 Å². The lowest BCUT2D eigenvalue weighted by molar-refractivity contribution is -0.121. The smallest absolute Gasteiger partial charge is 0.410 e. The molecule has 0 bridgehead atoms. The Balaban J connectivity index is 0.791. The third-order valence-corrected chi connectivity index (χ3v) is 11.9. The number of amides is 2. The number of ether oxygens (including phenoxy) is 1. The van der Waals surface area contributed by atoms with E-state index in [1.807, 2.05) is 62.3 Å². The first-order valence-electron chi connectivity index (χ1n) is 19.2. The molecule has 2 aromatic heterocycles. The third-order valence-electron chi connectivity index (χ3n) is 11.9. The summed E-state index contributed by atoms with van der Waals surface area (Å²) in [5.74, 6) is 1.34. The van der Waals surface area contributed by atoms with E-state index in [0.717, 1.165) is 74.3 Å². The van der Waals surface area contributed by atoms with Crippen molar-refractivity contribution in [3.05, 3.63) is 78.4 Å². The fourth-order valence-electron chi connectivity index (χ4n) is 8.87. The molecular formula is C41H52N8O3. The van der Waals surface area contributed by atoms with Gasteiger partial charge in [0.2, 0.25) is 5.91 Å². The largest absolute Gasteiger partial charge is 0.444 e. The zero-order chi connectivity index (χ0) is 35.9. The summed E-state index contributed by atoms with van der Waals surface area (Å²) in [4.78, 5) is 43.5. The number of hydrogen-bond donors (Lipinski definition) is 2. The van der Waals surface area contributed by atoms with Crippen LogP contribution in [-0.4, -0.2) is 85.2 Å². The molecule has 2 N–H and O–H groups in total. The SMILES string of the molecule is CC(C)(C)OC(=O)N1CCC2(CC1)CC(N1CCC(c3ccc(Nc4ncnc5c4ncn5C4CC(NC(=O)Cc5ccccc5)C4)cc3)CC1)C2. The second-order valence-electron chi connectivity index (χ2n) is 16.7. The Kier molecular flexibility index (Phi) is 9.40. The van der Waals surface area contributed by atoms with Crippen LogP contribution in [0, 0.1) is 5.41 Å². The van der Waals surface area contributed by atoms with Crippen molar-refractivity contribution < 1.29 is 14.3 Å².